The fraction of sp³-hybridized carbons (Fsp3) is 0.321. The maximum absolute atomic E-state index is 13.0. The first-order valence-electron chi connectivity index (χ1n) is 11.9. The highest BCUT2D eigenvalue weighted by molar-refractivity contribution is 5.97. The molecule has 0 bridgehead atoms. The fourth-order valence-corrected chi connectivity index (χ4v) is 5.02. The highest BCUT2D eigenvalue weighted by Gasteiger charge is 2.53. The van der Waals surface area contributed by atoms with Crippen LogP contribution in [0.25, 0.3) is 0 Å². The van der Waals surface area contributed by atoms with Gasteiger partial charge in [-0.3, -0.25) is 0 Å². The van der Waals surface area contributed by atoms with Gasteiger partial charge in [-0.15, -0.1) is 0 Å². The average Bonchev–Trinajstić information content (AvgIpc) is 3.14. The summed E-state index contributed by atoms with van der Waals surface area (Å²) in [4.78, 5) is 15.4. The van der Waals surface area contributed by atoms with Gasteiger partial charge in [0, 0.05) is 42.4 Å². The smallest absolute Gasteiger partial charge is 0.340 e. The third-order valence-electron chi connectivity index (χ3n) is 6.69. The molecule has 33 heavy (non-hydrogen) atoms. The summed E-state index contributed by atoms with van der Waals surface area (Å²) < 4.78 is 12.7. The first-order chi connectivity index (χ1) is 16.1. The third-order valence-corrected chi connectivity index (χ3v) is 6.69. The molecule has 3 aromatic rings. The standard InChI is InChI=1S/C28H30N2O3/c1-4-7-16-29-23-17-22-26(18-24(23)30(5-2)6-3)32-25-15-11-10-14-21(25)28(22)20-13-9-8-12-19(20)27(31)33-28/h8-15,17-18,29H,4-7,16H2,1-3H3. The first-order valence-corrected chi connectivity index (χ1v) is 11.9. The number of hydrogen-bond donors (Lipinski definition) is 1. The number of para-hydroxylation sites is 1. The Morgan fingerprint density at radius 2 is 1.61 bits per heavy atom. The Morgan fingerprint density at radius 1 is 0.879 bits per heavy atom. The van der Waals surface area contributed by atoms with Crippen LogP contribution in [0.15, 0.2) is 60.7 Å². The Balaban J connectivity index is 1.77. The molecule has 5 rings (SSSR count). The lowest BCUT2D eigenvalue weighted by Crippen LogP contribution is -2.33. The lowest BCUT2D eigenvalue weighted by molar-refractivity contribution is 0.0224. The lowest BCUT2D eigenvalue weighted by Gasteiger charge is -2.38. The van der Waals surface area contributed by atoms with E-state index in [4.69, 9.17) is 9.47 Å². The summed E-state index contributed by atoms with van der Waals surface area (Å²) in [5.41, 5.74) is 4.28. The topological polar surface area (TPSA) is 50.8 Å². The molecule has 1 spiro atoms. The first kappa shape index (κ1) is 21.4. The SMILES string of the molecule is CCCCNc1cc2c(cc1N(CC)CC)Oc1ccccc1C21OC(=O)c2ccccc21. The van der Waals surface area contributed by atoms with Gasteiger partial charge in [0.25, 0.3) is 0 Å². The van der Waals surface area contributed by atoms with E-state index in [9.17, 15) is 4.79 Å². The Kier molecular flexibility index (Phi) is 5.49. The summed E-state index contributed by atoms with van der Waals surface area (Å²) in [6, 6.07) is 19.8. The largest absolute Gasteiger partial charge is 0.456 e. The predicted octanol–water partition coefficient (Wildman–Crippen LogP) is 6.31. The molecule has 0 saturated heterocycles. The number of ether oxygens (including phenoxy) is 2. The van der Waals surface area contributed by atoms with E-state index in [2.05, 4.69) is 43.1 Å². The minimum Gasteiger partial charge on any atom is -0.456 e. The van der Waals surface area contributed by atoms with Gasteiger partial charge in [-0.05, 0) is 38.5 Å². The zero-order valence-corrected chi connectivity index (χ0v) is 19.5. The van der Waals surface area contributed by atoms with E-state index in [1.54, 1.807) is 0 Å². The van der Waals surface area contributed by atoms with Crippen molar-refractivity contribution in [1.82, 2.24) is 0 Å². The van der Waals surface area contributed by atoms with Crippen molar-refractivity contribution in [2.45, 2.75) is 39.2 Å². The number of fused-ring (bicyclic) bond motifs is 6. The van der Waals surface area contributed by atoms with E-state index in [0.29, 0.717) is 11.3 Å². The molecule has 1 unspecified atom stereocenters. The van der Waals surface area contributed by atoms with Crippen molar-refractivity contribution in [2.24, 2.45) is 0 Å². The van der Waals surface area contributed by atoms with Gasteiger partial charge in [-0.25, -0.2) is 4.79 Å². The van der Waals surface area contributed by atoms with Gasteiger partial charge in [-0.1, -0.05) is 49.7 Å². The predicted molar refractivity (Wildman–Crippen MR) is 132 cm³/mol. The van der Waals surface area contributed by atoms with Gasteiger partial charge < -0.3 is 19.7 Å². The van der Waals surface area contributed by atoms with Crippen LogP contribution in [0.1, 0.15) is 60.7 Å². The molecule has 2 aliphatic heterocycles. The van der Waals surface area contributed by atoms with E-state index in [0.717, 1.165) is 66.3 Å². The summed E-state index contributed by atoms with van der Waals surface area (Å²) >= 11 is 0. The van der Waals surface area contributed by atoms with E-state index in [1.165, 1.54) is 0 Å². The van der Waals surface area contributed by atoms with Gasteiger partial charge in [-0.2, -0.15) is 0 Å². The maximum atomic E-state index is 13.0. The minimum absolute atomic E-state index is 0.304. The molecule has 1 atom stereocenters. The molecule has 2 heterocycles. The van der Waals surface area contributed by atoms with Crippen LogP contribution in [-0.4, -0.2) is 25.6 Å². The molecule has 3 aromatic carbocycles. The monoisotopic (exact) mass is 442 g/mol. The van der Waals surface area contributed by atoms with Crippen molar-refractivity contribution in [1.29, 1.82) is 0 Å². The summed E-state index contributed by atoms with van der Waals surface area (Å²) in [5.74, 6) is 1.13. The third kappa shape index (κ3) is 3.26. The van der Waals surface area contributed by atoms with Crippen LogP contribution < -0.4 is 15.0 Å². The van der Waals surface area contributed by atoms with Crippen LogP contribution in [0.2, 0.25) is 0 Å². The van der Waals surface area contributed by atoms with Crippen LogP contribution in [0.5, 0.6) is 11.5 Å². The Hall–Kier alpha value is -3.47. The second-order valence-corrected chi connectivity index (χ2v) is 8.53. The van der Waals surface area contributed by atoms with Gasteiger partial charge in [0.2, 0.25) is 0 Å². The van der Waals surface area contributed by atoms with Gasteiger partial charge in [0.1, 0.15) is 11.5 Å². The van der Waals surface area contributed by atoms with Crippen molar-refractivity contribution < 1.29 is 14.3 Å². The number of carbonyl (C=O) groups excluding carboxylic acids is 1. The molecule has 0 amide bonds. The zero-order chi connectivity index (χ0) is 23.0. The number of unbranched alkanes of at least 4 members (excludes halogenated alkanes) is 1. The van der Waals surface area contributed by atoms with Crippen LogP contribution in [0.4, 0.5) is 11.4 Å². The lowest BCUT2D eigenvalue weighted by atomic mass is 9.77. The van der Waals surface area contributed by atoms with Crippen molar-refractivity contribution in [3.63, 3.8) is 0 Å². The molecule has 0 fully saturated rings. The molecule has 170 valence electrons. The number of esters is 1. The minimum atomic E-state index is -1.03. The van der Waals surface area contributed by atoms with Crippen LogP contribution in [0.3, 0.4) is 0 Å². The average molecular weight is 443 g/mol. The molecule has 0 aromatic heterocycles. The zero-order valence-electron chi connectivity index (χ0n) is 19.5. The number of nitrogens with one attached hydrogen (secondary N) is 1. The summed E-state index contributed by atoms with van der Waals surface area (Å²) in [6.45, 7) is 9.16. The van der Waals surface area contributed by atoms with E-state index >= 15 is 0 Å². The summed E-state index contributed by atoms with van der Waals surface area (Å²) in [5, 5.41) is 3.64. The fourth-order valence-electron chi connectivity index (χ4n) is 5.02. The van der Waals surface area contributed by atoms with Crippen molar-refractivity contribution in [2.75, 3.05) is 29.9 Å². The second kappa shape index (κ2) is 8.47. The molecule has 1 N–H and O–H groups in total. The quantitative estimate of drug-likeness (QED) is 0.343. The van der Waals surface area contributed by atoms with Gasteiger partial charge in [0.15, 0.2) is 5.60 Å². The van der Waals surface area contributed by atoms with Crippen LogP contribution in [-0.2, 0) is 10.3 Å². The normalized spacial score (nSPS) is 17.6. The molecule has 5 nitrogen and oxygen atoms in total. The molecule has 5 heteroatoms. The maximum Gasteiger partial charge on any atom is 0.340 e. The number of hydrogen-bond acceptors (Lipinski definition) is 5. The van der Waals surface area contributed by atoms with Gasteiger partial charge >= 0.3 is 5.97 Å². The summed E-state index contributed by atoms with van der Waals surface area (Å²) in [7, 11) is 0. The van der Waals surface area contributed by atoms with E-state index < -0.39 is 5.60 Å². The molecule has 2 aliphatic rings. The number of benzene rings is 3. The Bertz CT molecular complexity index is 1200. The van der Waals surface area contributed by atoms with Crippen LogP contribution >= 0.6 is 0 Å². The van der Waals surface area contributed by atoms with E-state index in [1.807, 2.05) is 48.5 Å². The highest BCUT2D eigenvalue weighted by atomic mass is 16.6. The Morgan fingerprint density at radius 3 is 2.36 bits per heavy atom. The Labute approximate surface area is 195 Å². The molecule has 0 radical (unpaired) electrons. The molecular formula is C28H30N2O3. The van der Waals surface area contributed by atoms with Crippen molar-refractivity contribution in [3.05, 3.63) is 82.9 Å². The molecule has 0 saturated carbocycles. The number of carbonyl (C=O) groups is 1. The highest BCUT2D eigenvalue weighted by Crippen LogP contribution is 2.57. The number of rotatable bonds is 7. The number of anilines is 2. The van der Waals surface area contributed by atoms with Crippen molar-refractivity contribution >= 4 is 17.3 Å². The van der Waals surface area contributed by atoms with E-state index in [-0.39, 0.29) is 5.97 Å². The van der Waals surface area contributed by atoms with Gasteiger partial charge in [0.05, 0.1) is 16.9 Å². The second-order valence-electron chi connectivity index (χ2n) is 8.53. The summed E-state index contributed by atoms with van der Waals surface area (Å²) in [6.07, 6.45) is 2.20. The number of nitrogens with zero attached hydrogens (tertiary/aromatic N) is 1. The van der Waals surface area contributed by atoms with Crippen molar-refractivity contribution in [3.8, 4) is 11.5 Å². The van der Waals surface area contributed by atoms with Crippen LogP contribution in [0, 0.1) is 0 Å². The molecule has 0 aliphatic carbocycles. The molecular weight excluding hydrogens is 412 g/mol.